The van der Waals surface area contributed by atoms with Crippen molar-refractivity contribution in [1.29, 1.82) is 5.26 Å². The highest BCUT2D eigenvalue weighted by atomic mass is 79.9. The molecule has 0 aliphatic rings. The summed E-state index contributed by atoms with van der Waals surface area (Å²) in [6.07, 6.45) is 2.70. The highest BCUT2D eigenvalue weighted by Gasteiger charge is 2.03. The topological polar surface area (TPSA) is 35.8 Å². The van der Waals surface area contributed by atoms with Gasteiger partial charge in [0.2, 0.25) is 0 Å². The Bertz CT molecular complexity index is 357. The Morgan fingerprint density at radius 3 is 2.94 bits per heavy atom. The van der Waals surface area contributed by atoms with E-state index in [9.17, 15) is 0 Å². The molecule has 1 N–H and O–H groups in total. The summed E-state index contributed by atoms with van der Waals surface area (Å²) in [5, 5.41) is 11.9. The van der Waals surface area contributed by atoms with E-state index in [0.717, 1.165) is 23.9 Å². The second-order valence-electron chi connectivity index (χ2n) is 3.85. The number of unbranched alkanes of at least 4 members (excludes halogenated alkanes) is 2. The highest BCUT2D eigenvalue weighted by molar-refractivity contribution is 9.10. The van der Waals surface area contributed by atoms with E-state index in [2.05, 4.69) is 46.4 Å². The third-order valence-corrected chi connectivity index (χ3v) is 3.01. The van der Waals surface area contributed by atoms with Crippen LogP contribution in [0.1, 0.15) is 37.8 Å². The van der Waals surface area contributed by atoms with E-state index in [4.69, 9.17) is 5.26 Å². The molecule has 0 unspecified atom stereocenters. The van der Waals surface area contributed by atoms with E-state index >= 15 is 0 Å². The monoisotopic (exact) mass is 280 g/mol. The lowest BCUT2D eigenvalue weighted by atomic mass is 10.1. The quantitative estimate of drug-likeness (QED) is 0.805. The summed E-state index contributed by atoms with van der Waals surface area (Å²) < 4.78 is 1.11. The van der Waals surface area contributed by atoms with E-state index in [-0.39, 0.29) is 0 Å². The third kappa shape index (κ3) is 4.78. The van der Waals surface area contributed by atoms with E-state index in [1.807, 2.05) is 12.1 Å². The zero-order chi connectivity index (χ0) is 11.8. The van der Waals surface area contributed by atoms with Gasteiger partial charge in [0.15, 0.2) is 0 Å². The number of hydrogen-bond acceptors (Lipinski definition) is 2. The molecule has 3 heteroatoms. The van der Waals surface area contributed by atoms with E-state index in [1.54, 1.807) is 0 Å². The number of rotatable bonds is 6. The second-order valence-corrected chi connectivity index (χ2v) is 4.76. The smallest absolute Gasteiger partial charge is 0.0621 e. The maximum Gasteiger partial charge on any atom is 0.0621 e. The van der Waals surface area contributed by atoms with Crippen LogP contribution in [0, 0.1) is 11.3 Å². The molecule has 1 aromatic rings. The van der Waals surface area contributed by atoms with Gasteiger partial charge in [-0.15, -0.1) is 0 Å². The SMILES string of the molecule is C[C@H](NCCCCC#N)c1cccc(Br)c1. The van der Waals surface area contributed by atoms with Crippen LogP contribution in [0.4, 0.5) is 0 Å². The van der Waals surface area contributed by atoms with Gasteiger partial charge in [0, 0.05) is 16.9 Å². The molecule has 0 spiro atoms. The highest BCUT2D eigenvalue weighted by Crippen LogP contribution is 2.17. The maximum atomic E-state index is 8.41. The molecule has 0 fully saturated rings. The number of nitrogens with one attached hydrogen (secondary N) is 1. The Labute approximate surface area is 106 Å². The van der Waals surface area contributed by atoms with Gasteiger partial charge in [-0.05, 0) is 44.0 Å². The van der Waals surface area contributed by atoms with Crippen LogP contribution in [-0.2, 0) is 0 Å². The molecule has 86 valence electrons. The van der Waals surface area contributed by atoms with Gasteiger partial charge in [0.05, 0.1) is 6.07 Å². The van der Waals surface area contributed by atoms with Crippen molar-refractivity contribution in [2.45, 2.75) is 32.2 Å². The van der Waals surface area contributed by atoms with Crippen molar-refractivity contribution in [1.82, 2.24) is 5.32 Å². The largest absolute Gasteiger partial charge is 0.310 e. The van der Waals surface area contributed by atoms with Crippen LogP contribution in [0.25, 0.3) is 0 Å². The summed E-state index contributed by atoms with van der Waals surface area (Å²) in [6, 6.07) is 10.9. The van der Waals surface area contributed by atoms with Gasteiger partial charge < -0.3 is 5.32 Å². The Balaban J connectivity index is 2.30. The van der Waals surface area contributed by atoms with Crippen LogP contribution >= 0.6 is 15.9 Å². The lowest BCUT2D eigenvalue weighted by molar-refractivity contribution is 0.549. The van der Waals surface area contributed by atoms with E-state index in [1.165, 1.54) is 5.56 Å². The van der Waals surface area contributed by atoms with E-state index < -0.39 is 0 Å². The molecule has 0 bridgehead atoms. The molecular formula is C13H17BrN2. The van der Waals surface area contributed by atoms with Crippen molar-refractivity contribution in [3.05, 3.63) is 34.3 Å². The van der Waals surface area contributed by atoms with Crippen LogP contribution < -0.4 is 5.32 Å². The number of hydrogen-bond donors (Lipinski definition) is 1. The van der Waals surface area contributed by atoms with Crippen molar-refractivity contribution in [3.63, 3.8) is 0 Å². The van der Waals surface area contributed by atoms with E-state index in [0.29, 0.717) is 12.5 Å². The van der Waals surface area contributed by atoms with Gasteiger partial charge in [-0.3, -0.25) is 0 Å². The van der Waals surface area contributed by atoms with Crippen molar-refractivity contribution in [2.24, 2.45) is 0 Å². The minimum absolute atomic E-state index is 0.361. The first kappa shape index (κ1) is 13.2. The predicted molar refractivity (Wildman–Crippen MR) is 70.0 cm³/mol. The minimum atomic E-state index is 0.361. The average Bonchev–Trinajstić information content (AvgIpc) is 2.28. The zero-order valence-electron chi connectivity index (χ0n) is 9.54. The Morgan fingerprint density at radius 2 is 2.25 bits per heavy atom. The molecule has 0 radical (unpaired) electrons. The summed E-state index contributed by atoms with van der Waals surface area (Å²) in [6.45, 7) is 3.13. The van der Waals surface area contributed by atoms with Crippen molar-refractivity contribution in [2.75, 3.05) is 6.54 Å². The number of nitriles is 1. The van der Waals surface area contributed by atoms with Crippen LogP contribution in [0.15, 0.2) is 28.7 Å². The Hall–Kier alpha value is -0.850. The van der Waals surface area contributed by atoms with Gasteiger partial charge in [0.1, 0.15) is 0 Å². The van der Waals surface area contributed by atoms with Crippen LogP contribution in [0.5, 0.6) is 0 Å². The molecule has 0 saturated carbocycles. The van der Waals surface area contributed by atoms with Gasteiger partial charge in [-0.25, -0.2) is 0 Å². The molecular weight excluding hydrogens is 264 g/mol. The fraction of sp³-hybridized carbons (Fsp3) is 0.462. The molecule has 16 heavy (non-hydrogen) atoms. The summed E-state index contributed by atoms with van der Waals surface area (Å²) in [4.78, 5) is 0. The lowest BCUT2D eigenvalue weighted by Gasteiger charge is -2.14. The number of nitrogens with zero attached hydrogens (tertiary/aromatic N) is 1. The van der Waals surface area contributed by atoms with Gasteiger partial charge in [0.25, 0.3) is 0 Å². The van der Waals surface area contributed by atoms with Crippen molar-refractivity contribution >= 4 is 15.9 Å². The molecule has 2 nitrogen and oxygen atoms in total. The van der Waals surface area contributed by atoms with Crippen molar-refractivity contribution in [3.8, 4) is 6.07 Å². The van der Waals surface area contributed by atoms with Crippen LogP contribution in [0.3, 0.4) is 0 Å². The summed E-state index contributed by atoms with van der Waals surface area (Å²) in [5.74, 6) is 0. The van der Waals surface area contributed by atoms with Gasteiger partial charge in [-0.1, -0.05) is 28.1 Å². The zero-order valence-corrected chi connectivity index (χ0v) is 11.1. The molecule has 1 rings (SSSR count). The number of halogens is 1. The molecule has 0 heterocycles. The molecule has 0 saturated heterocycles. The fourth-order valence-electron chi connectivity index (χ4n) is 1.54. The summed E-state index contributed by atoms with van der Waals surface area (Å²) in [5.41, 5.74) is 1.29. The Morgan fingerprint density at radius 1 is 1.44 bits per heavy atom. The van der Waals surface area contributed by atoms with Crippen LogP contribution in [-0.4, -0.2) is 6.54 Å². The molecule has 1 aromatic carbocycles. The molecule has 0 aromatic heterocycles. The first-order chi connectivity index (χ1) is 7.74. The standard InChI is InChI=1S/C13H17BrN2/c1-11(16-9-4-2-3-8-15)12-6-5-7-13(14)10-12/h5-7,10-11,16H,2-4,9H2,1H3/t11-/m0/s1. The number of benzene rings is 1. The summed E-state index contributed by atoms with van der Waals surface area (Å²) >= 11 is 3.47. The fourth-order valence-corrected chi connectivity index (χ4v) is 1.96. The predicted octanol–water partition coefficient (Wildman–Crippen LogP) is 3.79. The molecule has 0 amide bonds. The first-order valence-corrected chi connectivity index (χ1v) is 6.39. The summed E-state index contributed by atoms with van der Waals surface area (Å²) in [7, 11) is 0. The third-order valence-electron chi connectivity index (χ3n) is 2.51. The second kappa shape index (κ2) is 7.43. The van der Waals surface area contributed by atoms with Crippen molar-refractivity contribution < 1.29 is 0 Å². The molecule has 0 aliphatic carbocycles. The molecule has 0 aliphatic heterocycles. The van der Waals surface area contributed by atoms with Crippen LogP contribution in [0.2, 0.25) is 0 Å². The van der Waals surface area contributed by atoms with Gasteiger partial charge >= 0.3 is 0 Å². The lowest BCUT2D eigenvalue weighted by Crippen LogP contribution is -2.19. The normalized spacial score (nSPS) is 12.1. The average molecular weight is 281 g/mol. The maximum absolute atomic E-state index is 8.41. The first-order valence-electron chi connectivity index (χ1n) is 5.60. The minimum Gasteiger partial charge on any atom is -0.310 e. The van der Waals surface area contributed by atoms with Gasteiger partial charge in [-0.2, -0.15) is 5.26 Å². The molecule has 1 atom stereocenters. The Kier molecular flexibility index (Phi) is 6.14.